The molecule has 0 fully saturated rings. The lowest BCUT2D eigenvalue weighted by atomic mass is 10.3. The van der Waals surface area contributed by atoms with E-state index in [1.54, 1.807) is 0 Å². The van der Waals surface area contributed by atoms with Crippen LogP contribution in [-0.4, -0.2) is 18.8 Å². The summed E-state index contributed by atoms with van der Waals surface area (Å²) in [4.78, 5) is 4.25. The number of rotatable bonds is 1. The molecule has 0 amide bonds. The number of allylic oxidation sites excluding steroid dienone is 1. The van der Waals surface area contributed by atoms with E-state index in [9.17, 15) is 0 Å². The van der Waals surface area contributed by atoms with E-state index in [1.807, 2.05) is 19.9 Å². The summed E-state index contributed by atoms with van der Waals surface area (Å²) in [5.41, 5.74) is 6.43. The first kappa shape index (κ1) is 10.4. The lowest BCUT2D eigenvalue weighted by molar-refractivity contribution is 0.863. The van der Waals surface area contributed by atoms with E-state index in [-0.39, 0.29) is 0 Å². The van der Waals surface area contributed by atoms with Crippen molar-refractivity contribution in [2.24, 2.45) is 10.7 Å². The van der Waals surface area contributed by atoms with Gasteiger partial charge >= 0.3 is 0 Å². The Hall–Kier alpha value is -0.630. The number of nitrogens with two attached hydrogens (primary N) is 1. The van der Waals surface area contributed by atoms with Gasteiger partial charge in [0.15, 0.2) is 0 Å². The molecule has 0 aromatic carbocycles. The SMILES string of the molecule is CC.NCC1=NCCCC=C1. The van der Waals surface area contributed by atoms with Crippen LogP contribution in [0.4, 0.5) is 0 Å². The Morgan fingerprint density at radius 2 is 2.27 bits per heavy atom. The molecule has 0 radical (unpaired) electrons. The van der Waals surface area contributed by atoms with Crippen LogP contribution < -0.4 is 5.73 Å². The van der Waals surface area contributed by atoms with Crippen molar-refractivity contribution in [1.82, 2.24) is 0 Å². The number of hydrogen-bond donors (Lipinski definition) is 1. The molecule has 1 rings (SSSR count). The van der Waals surface area contributed by atoms with Gasteiger partial charge in [0.1, 0.15) is 0 Å². The fraction of sp³-hybridized carbons (Fsp3) is 0.667. The maximum atomic E-state index is 5.39. The van der Waals surface area contributed by atoms with Crippen LogP contribution in [0.1, 0.15) is 26.7 Å². The fourth-order valence-corrected chi connectivity index (χ4v) is 0.836. The van der Waals surface area contributed by atoms with Crippen LogP contribution in [0, 0.1) is 0 Å². The summed E-state index contributed by atoms with van der Waals surface area (Å²) in [5.74, 6) is 0. The quantitative estimate of drug-likeness (QED) is 0.614. The first-order valence-electron chi connectivity index (χ1n) is 4.33. The van der Waals surface area contributed by atoms with Crippen molar-refractivity contribution >= 4 is 5.71 Å². The molecule has 0 unspecified atom stereocenters. The Labute approximate surface area is 69.2 Å². The molecule has 0 aromatic rings. The zero-order valence-corrected chi connectivity index (χ0v) is 7.51. The molecule has 1 aliphatic heterocycles. The molecular formula is C9H18N2. The summed E-state index contributed by atoms with van der Waals surface area (Å²) in [6.07, 6.45) is 6.47. The number of aliphatic imine (C=N–C) groups is 1. The van der Waals surface area contributed by atoms with Crippen molar-refractivity contribution in [2.75, 3.05) is 13.1 Å². The normalized spacial score (nSPS) is 16.1. The average molecular weight is 154 g/mol. The second-order valence-electron chi connectivity index (χ2n) is 2.12. The average Bonchev–Trinajstić information content (AvgIpc) is 2.35. The summed E-state index contributed by atoms with van der Waals surface area (Å²) >= 11 is 0. The molecule has 0 saturated heterocycles. The van der Waals surface area contributed by atoms with Gasteiger partial charge in [0.2, 0.25) is 0 Å². The van der Waals surface area contributed by atoms with Gasteiger partial charge in [-0.25, -0.2) is 0 Å². The Balaban J connectivity index is 0.000000461. The van der Waals surface area contributed by atoms with Gasteiger partial charge in [-0.1, -0.05) is 19.9 Å². The molecule has 1 aliphatic rings. The minimum Gasteiger partial charge on any atom is -0.325 e. The Morgan fingerprint density at radius 1 is 1.55 bits per heavy atom. The first-order chi connectivity index (χ1) is 5.43. The predicted molar refractivity (Wildman–Crippen MR) is 51.1 cm³/mol. The molecule has 2 heteroatoms. The van der Waals surface area contributed by atoms with Crippen molar-refractivity contribution < 1.29 is 0 Å². The smallest absolute Gasteiger partial charge is 0.0481 e. The van der Waals surface area contributed by atoms with Gasteiger partial charge in [-0.15, -0.1) is 0 Å². The highest BCUT2D eigenvalue weighted by Gasteiger charge is 1.93. The van der Waals surface area contributed by atoms with Crippen LogP contribution in [0.5, 0.6) is 0 Å². The molecule has 0 spiro atoms. The zero-order chi connectivity index (χ0) is 8.53. The maximum Gasteiger partial charge on any atom is 0.0481 e. The third-order valence-corrected chi connectivity index (χ3v) is 1.36. The first-order valence-corrected chi connectivity index (χ1v) is 4.33. The third kappa shape index (κ3) is 4.73. The van der Waals surface area contributed by atoms with Crippen molar-refractivity contribution in [1.29, 1.82) is 0 Å². The van der Waals surface area contributed by atoms with Crippen LogP contribution in [-0.2, 0) is 0 Å². The molecule has 0 bridgehead atoms. The summed E-state index contributed by atoms with van der Waals surface area (Å²) in [6, 6.07) is 0. The molecule has 64 valence electrons. The fourth-order valence-electron chi connectivity index (χ4n) is 0.836. The second kappa shape index (κ2) is 7.48. The van der Waals surface area contributed by atoms with Crippen LogP contribution in [0.25, 0.3) is 0 Å². The standard InChI is InChI=1S/C7H12N2.C2H6/c8-6-7-4-2-1-3-5-9-7;1-2/h2,4H,1,3,5-6,8H2;1-2H3. The van der Waals surface area contributed by atoms with E-state index in [4.69, 9.17) is 5.73 Å². The highest BCUT2D eigenvalue weighted by Crippen LogP contribution is 1.97. The molecule has 0 atom stereocenters. The Bertz CT molecular complexity index is 136. The van der Waals surface area contributed by atoms with Gasteiger partial charge in [-0.3, -0.25) is 4.99 Å². The highest BCUT2D eigenvalue weighted by atomic mass is 14.8. The van der Waals surface area contributed by atoms with Gasteiger partial charge < -0.3 is 5.73 Å². The predicted octanol–water partition coefficient (Wildman–Crippen LogP) is 1.76. The lowest BCUT2D eigenvalue weighted by Gasteiger charge is -1.90. The van der Waals surface area contributed by atoms with Crippen molar-refractivity contribution in [3.8, 4) is 0 Å². The highest BCUT2D eigenvalue weighted by molar-refractivity contribution is 5.96. The third-order valence-electron chi connectivity index (χ3n) is 1.36. The van der Waals surface area contributed by atoms with E-state index in [1.165, 1.54) is 6.42 Å². The van der Waals surface area contributed by atoms with E-state index in [0.717, 1.165) is 18.7 Å². The van der Waals surface area contributed by atoms with Gasteiger partial charge in [0, 0.05) is 18.8 Å². The van der Waals surface area contributed by atoms with Crippen molar-refractivity contribution in [3.63, 3.8) is 0 Å². The second-order valence-corrected chi connectivity index (χ2v) is 2.12. The summed E-state index contributed by atoms with van der Waals surface area (Å²) in [7, 11) is 0. The summed E-state index contributed by atoms with van der Waals surface area (Å²) in [6.45, 7) is 5.52. The summed E-state index contributed by atoms with van der Waals surface area (Å²) in [5, 5.41) is 0. The van der Waals surface area contributed by atoms with Crippen LogP contribution >= 0.6 is 0 Å². The van der Waals surface area contributed by atoms with Gasteiger partial charge in [-0.2, -0.15) is 0 Å². The van der Waals surface area contributed by atoms with Gasteiger partial charge in [-0.05, 0) is 18.9 Å². The Kier molecular flexibility index (Phi) is 7.05. The minimum atomic E-state index is 0.580. The Morgan fingerprint density at radius 3 is 2.91 bits per heavy atom. The van der Waals surface area contributed by atoms with Gasteiger partial charge in [0.25, 0.3) is 0 Å². The van der Waals surface area contributed by atoms with Gasteiger partial charge in [0.05, 0.1) is 0 Å². The molecule has 2 N–H and O–H groups in total. The maximum absolute atomic E-state index is 5.39. The van der Waals surface area contributed by atoms with Crippen LogP contribution in [0.3, 0.4) is 0 Å². The van der Waals surface area contributed by atoms with Crippen LogP contribution in [0.2, 0.25) is 0 Å². The van der Waals surface area contributed by atoms with E-state index in [2.05, 4.69) is 11.1 Å². The van der Waals surface area contributed by atoms with Crippen LogP contribution in [0.15, 0.2) is 17.1 Å². The number of hydrogen-bond acceptors (Lipinski definition) is 2. The molecule has 1 heterocycles. The van der Waals surface area contributed by atoms with E-state index >= 15 is 0 Å². The summed E-state index contributed by atoms with van der Waals surface area (Å²) < 4.78 is 0. The number of nitrogens with zero attached hydrogens (tertiary/aromatic N) is 1. The minimum absolute atomic E-state index is 0.580. The largest absolute Gasteiger partial charge is 0.325 e. The zero-order valence-electron chi connectivity index (χ0n) is 7.51. The molecule has 2 nitrogen and oxygen atoms in total. The molecule has 0 aromatic heterocycles. The van der Waals surface area contributed by atoms with E-state index < -0.39 is 0 Å². The molecule has 11 heavy (non-hydrogen) atoms. The lowest BCUT2D eigenvalue weighted by Crippen LogP contribution is -2.10. The molecular weight excluding hydrogens is 136 g/mol. The van der Waals surface area contributed by atoms with Crippen molar-refractivity contribution in [2.45, 2.75) is 26.7 Å². The molecule has 0 aliphatic carbocycles. The topological polar surface area (TPSA) is 38.4 Å². The monoisotopic (exact) mass is 154 g/mol. The van der Waals surface area contributed by atoms with Crippen molar-refractivity contribution in [3.05, 3.63) is 12.2 Å². The molecule has 0 saturated carbocycles. The van der Waals surface area contributed by atoms with E-state index in [0.29, 0.717) is 6.54 Å².